The average molecular weight is 382 g/mol. The Morgan fingerprint density at radius 1 is 1.18 bits per heavy atom. The van der Waals surface area contributed by atoms with Crippen molar-refractivity contribution >= 4 is 44.9 Å². The van der Waals surface area contributed by atoms with Gasteiger partial charge in [-0.1, -0.05) is 12.1 Å². The van der Waals surface area contributed by atoms with Gasteiger partial charge in [-0.25, -0.2) is 4.39 Å². The highest BCUT2D eigenvalue weighted by molar-refractivity contribution is 9.10. The van der Waals surface area contributed by atoms with Gasteiger partial charge in [0, 0.05) is 6.08 Å². The topological polar surface area (TPSA) is 50.5 Å². The van der Waals surface area contributed by atoms with E-state index in [0.717, 1.165) is 16.7 Å². The number of nitrogens with zero attached hydrogens (tertiary/aromatic N) is 1. The third-order valence-corrected chi connectivity index (χ3v) is 4.33. The molecule has 2 heterocycles. The lowest BCUT2D eigenvalue weighted by atomic mass is 10.2. The van der Waals surface area contributed by atoms with Crippen LogP contribution in [0.3, 0.4) is 0 Å². The predicted molar refractivity (Wildman–Crippen MR) is 84.3 cm³/mol. The maximum atomic E-state index is 12.9. The number of furan rings is 1. The van der Waals surface area contributed by atoms with E-state index >= 15 is 0 Å². The van der Waals surface area contributed by atoms with E-state index in [4.69, 9.17) is 4.42 Å². The molecule has 1 aromatic carbocycles. The molecule has 0 atom stereocenters. The molecule has 1 saturated heterocycles. The molecule has 0 saturated carbocycles. The van der Waals surface area contributed by atoms with E-state index in [-0.39, 0.29) is 23.5 Å². The number of imide groups is 1. The Bertz CT molecular complexity index is 769. The van der Waals surface area contributed by atoms with Crippen molar-refractivity contribution < 1.29 is 18.4 Å². The Morgan fingerprint density at radius 2 is 1.91 bits per heavy atom. The SMILES string of the molecule is O=C1S/C(=C\c2ccc(Br)o2)C(=O)N1Cc1ccc(F)cc1. The number of amides is 2. The van der Waals surface area contributed by atoms with E-state index in [1.54, 1.807) is 24.3 Å². The average Bonchev–Trinajstić information content (AvgIpc) is 3.00. The van der Waals surface area contributed by atoms with E-state index in [1.807, 2.05) is 0 Å². The number of rotatable bonds is 3. The van der Waals surface area contributed by atoms with Gasteiger partial charge in [0.1, 0.15) is 11.6 Å². The minimum Gasteiger partial charge on any atom is -0.450 e. The van der Waals surface area contributed by atoms with Crippen molar-refractivity contribution in [3.05, 3.63) is 63.1 Å². The molecule has 1 aromatic heterocycles. The Balaban J connectivity index is 1.79. The van der Waals surface area contributed by atoms with E-state index in [9.17, 15) is 14.0 Å². The zero-order valence-corrected chi connectivity index (χ0v) is 13.5. The zero-order valence-electron chi connectivity index (χ0n) is 11.1. The van der Waals surface area contributed by atoms with Gasteiger partial charge in [-0.05, 0) is 57.5 Å². The van der Waals surface area contributed by atoms with Crippen molar-refractivity contribution in [3.8, 4) is 0 Å². The third kappa shape index (κ3) is 3.15. The zero-order chi connectivity index (χ0) is 15.7. The van der Waals surface area contributed by atoms with Crippen LogP contribution >= 0.6 is 27.7 Å². The fourth-order valence-corrected chi connectivity index (χ4v) is 3.08. The van der Waals surface area contributed by atoms with Crippen molar-refractivity contribution in [1.82, 2.24) is 4.90 Å². The molecular formula is C15H9BrFNO3S. The van der Waals surface area contributed by atoms with Gasteiger partial charge < -0.3 is 4.42 Å². The molecule has 2 amide bonds. The van der Waals surface area contributed by atoms with Crippen LogP contribution in [0.2, 0.25) is 0 Å². The summed E-state index contributed by atoms with van der Waals surface area (Å²) in [5.74, 6) is -0.257. The molecule has 0 unspecified atom stereocenters. The summed E-state index contributed by atoms with van der Waals surface area (Å²) >= 11 is 4.03. The number of hydrogen-bond donors (Lipinski definition) is 0. The largest absolute Gasteiger partial charge is 0.450 e. The Kier molecular flexibility index (Phi) is 4.17. The summed E-state index contributed by atoms with van der Waals surface area (Å²) in [5, 5.41) is -0.355. The fraction of sp³-hybridized carbons (Fsp3) is 0.0667. The molecule has 1 aliphatic rings. The van der Waals surface area contributed by atoms with Crippen LogP contribution in [-0.2, 0) is 11.3 Å². The lowest BCUT2D eigenvalue weighted by molar-refractivity contribution is -0.123. The van der Waals surface area contributed by atoms with Gasteiger partial charge in [0.25, 0.3) is 11.1 Å². The number of hydrogen-bond acceptors (Lipinski definition) is 4. The molecular weight excluding hydrogens is 373 g/mol. The van der Waals surface area contributed by atoms with Crippen molar-refractivity contribution in [2.24, 2.45) is 0 Å². The van der Waals surface area contributed by atoms with Gasteiger partial charge in [-0.3, -0.25) is 14.5 Å². The second-order valence-electron chi connectivity index (χ2n) is 4.54. The molecule has 3 rings (SSSR count). The Morgan fingerprint density at radius 3 is 2.55 bits per heavy atom. The second-order valence-corrected chi connectivity index (χ2v) is 6.31. The van der Waals surface area contributed by atoms with Gasteiger partial charge in [0.05, 0.1) is 11.4 Å². The van der Waals surface area contributed by atoms with Gasteiger partial charge in [0.2, 0.25) is 0 Å². The van der Waals surface area contributed by atoms with Crippen molar-refractivity contribution in [2.75, 3.05) is 0 Å². The molecule has 112 valence electrons. The van der Waals surface area contributed by atoms with Gasteiger partial charge in [-0.15, -0.1) is 0 Å². The summed E-state index contributed by atoms with van der Waals surface area (Å²) in [4.78, 5) is 25.7. The van der Waals surface area contributed by atoms with Crippen molar-refractivity contribution in [3.63, 3.8) is 0 Å². The molecule has 1 fully saturated rings. The lowest BCUT2D eigenvalue weighted by Gasteiger charge is -2.12. The summed E-state index contributed by atoms with van der Waals surface area (Å²) in [7, 11) is 0. The van der Waals surface area contributed by atoms with E-state index in [1.165, 1.54) is 18.2 Å². The molecule has 0 radical (unpaired) electrons. The third-order valence-electron chi connectivity index (χ3n) is 2.99. The number of carbonyl (C=O) groups is 2. The number of carbonyl (C=O) groups excluding carboxylic acids is 2. The minimum absolute atomic E-state index is 0.115. The summed E-state index contributed by atoms with van der Waals surface area (Å²) in [6, 6.07) is 9.08. The van der Waals surface area contributed by atoms with Crippen LogP contribution in [0.15, 0.2) is 50.4 Å². The first kappa shape index (κ1) is 15.1. The lowest BCUT2D eigenvalue weighted by Crippen LogP contribution is -2.27. The Hall–Kier alpha value is -1.86. The maximum Gasteiger partial charge on any atom is 0.293 e. The summed E-state index contributed by atoms with van der Waals surface area (Å²) in [6.07, 6.45) is 1.53. The van der Waals surface area contributed by atoms with Gasteiger partial charge in [-0.2, -0.15) is 0 Å². The first-order valence-electron chi connectivity index (χ1n) is 6.28. The molecule has 1 aliphatic heterocycles. The molecule has 0 N–H and O–H groups in total. The highest BCUT2D eigenvalue weighted by atomic mass is 79.9. The Labute approximate surface area is 138 Å². The normalized spacial score (nSPS) is 16.8. The summed E-state index contributed by atoms with van der Waals surface area (Å²) in [6.45, 7) is 0.115. The molecule has 22 heavy (non-hydrogen) atoms. The van der Waals surface area contributed by atoms with Gasteiger partial charge in [0.15, 0.2) is 4.67 Å². The fourth-order valence-electron chi connectivity index (χ4n) is 1.94. The number of thioether (sulfide) groups is 1. The van der Waals surface area contributed by atoms with Crippen molar-refractivity contribution in [2.45, 2.75) is 6.54 Å². The van der Waals surface area contributed by atoms with Crippen LogP contribution in [-0.4, -0.2) is 16.0 Å². The minimum atomic E-state index is -0.383. The quantitative estimate of drug-likeness (QED) is 0.738. The second kappa shape index (κ2) is 6.10. The van der Waals surface area contributed by atoms with E-state index < -0.39 is 0 Å². The number of halogens is 2. The van der Waals surface area contributed by atoms with Crippen LogP contribution < -0.4 is 0 Å². The van der Waals surface area contributed by atoms with Crippen LogP contribution in [0.25, 0.3) is 6.08 Å². The van der Waals surface area contributed by atoms with Crippen molar-refractivity contribution in [1.29, 1.82) is 0 Å². The number of benzene rings is 1. The monoisotopic (exact) mass is 381 g/mol. The summed E-state index contributed by atoms with van der Waals surface area (Å²) in [5.41, 5.74) is 0.686. The maximum absolute atomic E-state index is 12.9. The molecule has 7 heteroatoms. The highest BCUT2D eigenvalue weighted by Crippen LogP contribution is 2.33. The van der Waals surface area contributed by atoms with Crippen LogP contribution in [0, 0.1) is 5.82 Å². The molecule has 0 aliphatic carbocycles. The standard InChI is InChI=1S/C15H9BrFNO3S/c16-13-6-5-11(21-13)7-12-14(19)18(15(20)22-12)8-9-1-3-10(17)4-2-9/h1-7H,8H2/b12-7-. The van der Waals surface area contributed by atoms with Crippen LogP contribution in [0.5, 0.6) is 0 Å². The smallest absolute Gasteiger partial charge is 0.293 e. The molecule has 0 spiro atoms. The van der Waals surface area contributed by atoms with Crippen LogP contribution in [0.1, 0.15) is 11.3 Å². The molecule has 0 bridgehead atoms. The van der Waals surface area contributed by atoms with Crippen LogP contribution in [0.4, 0.5) is 9.18 Å². The highest BCUT2D eigenvalue weighted by Gasteiger charge is 2.35. The molecule has 2 aromatic rings. The first-order chi connectivity index (χ1) is 10.5. The summed E-state index contributed by atoms with van der Waals surface area (Å²) < 4.78 is 18.7. The first-order valence-corrected chi connectivity index (χ1v) is 7.89. The van der Waals surface area contributed by atoms with Gasteiger partial charge >= 0.3 is 0 Å². The van der Waals surface area contributed by atoms with E-state index in [0.29, 0.717) is 20.9 Å². The predicted octanol–water partition coefficient (Wildman–Crippen LogP) is 4.42. The van der Waals surface area contributed by atoms with E-state index in [2.05, 4.69) is 15.9 Å². The molecule has 4 nitrogen and oxygen atoms in total.